The highest BCUT2D eigenvalue weighted by Crippen LogP contribution is 2.36. The van der Waals surface area contributed by atoms with E-state index in [1.54, 1.807) is 6.92 Å². The molecule has 0 aliphatic carbocycles. The third-order valence-electron chi connectivity index (χ3n) is 4.70. The normalized spacial score (nSPS) is 17.2. The number of aryl methyl sites for hydroxylation is 1. The number of nitrogens with one attached hydrogen (secondary N) is 1. The molecule has 1 saturated heterocycles. The average Bonchev–Trinajstić information content (AvgIpc) is 3.02. The molecule has 0 radical (unpaired) electrons. The molecular weight excluding hydrogens is 349 g/mol. The monoisotopic (exact) mass is 368 g/mol. The fraction of sp³-hybridized carbons (Fsp3) is 0.471. The molecular formula is C17H19F3N4O2. The highest BCUT2D eigenvalue weighted by atomic mass is 19.4. The first kappa shape index (κ1) is 18.2. The highest BCUT2D eigenvalue weighted by molar-refractivity contribution is 5.90. The van der Waals surface area contributed by atoms with Crippen molar-refractivity contribution in [2.45, 2.75) is 38.3 Å². The number of amides is 2. The SMILES string of the molecule is Cc1nc(C2(C)CCN(C(=O)Nc3ccccc3C(F)(F)F)CC2)no1. The molecule has 1 aromatic carbocycles. The van der Waals surface area contributed by atoms with Crippen molar-refractivity contribution < 1.29 is 22.5 Å². The minimum atomic E-state index is -4.53. The van der Waals surface area contributed by atoms with Gasteiger partial charge < -0.3 is 14.7 Å². The molecule has 1 aromatic heterocycles. The maximum Gasteiger partial charge on any atom is 0.418 e. The summed E-state index contributed by atoms with van der Waals surface area (Å²) in [6, 6.07) is 4.39. The van der Waals surface area contributed by atoms with E-state index < -0.39 is 17.8 Å². The predicted molar refractivity (Wildman–Crippen MR) is 87.7 cm³/mol. The molecule has 0 saturated carbocycles. The van der Waals surface area contributed by atoms with E-state index in [1.807, 2.05) is 6.92 Å². The number of likely N-dealkylation sites (tertiary alicyclic amines) is 1. The number of hydrogen-bond acceptors (Lipinski definition) is 4. The van der Waals surface area contributed by atoms with Gasteiger partial charge in [0.15, 0.2) is 5.82 Å². The molecule has 26 heavy (non-hydrogen) atoms. The largest absolute Gasteiger partial charge is 0.418 e. The zero-order valence-electron chi connectivity index (χ0n) is 14.4. The lowest BCUT2D eigenvalue weighted by Gasteiger charge is -2.37. The van der Waals surface area contributed by atoms with Crippen molar-refractivity contribution in [3.05, 3.63) is 41.5 Å². The van der Waals surface area contributed by atoms with Gasteiger partial charge in [-0.15, -0.1) is 0 Å². The summed E-state index contributed by atoms with van der Waals surface area (Å²) in [5, 5.41) is 6.33. The summed E-state index contributed by atoms with van der Waals surface area (Å²) in [5.41, 5.74) is -1.43. The lowest BCUT2D eigenvalue weighted by molar-refractivity contribution is -0.136. The Labute approximate surface area is 148 Å². The first-order valence-corrected chi connectivity index (χ1v) is 8.22. The Hall–Kier alpha value is -2.58. The standard InChI is InChI=1S/C17H19F3N4O2/c1-11-21-14(23-26-11)16(2)7-9-24(10-8-16)15(25)22-13-6-4-3-5-12(13)17(18,19)20/h3-6H,7-10H2,1-2H3,(H,22,25). The number of alkyl halides is 3. The molecule has 3 rings (SSSR count). The van der Waals surface area contributed by atoms with Crippen LogP contribution in [0.1, 0.15) is 37.0 Å². The quantitative estimate of drug-likeness (QED) is 0.870. The Balaban J connectivity index is 1.67. The van der Waals surface area contributed by atoms with Gasteiger partial charge in [0.25, 0.3) is 0 Å². The number of aromatic nitrogens is 2. The van der Waals surface area contributed by atoms with Crippen LogP contribution in [-0.2, 0) is 11.6 Å². The van der Waals surface area contributed by atoms with Crippen LogP contribution in [0, 0.1) is 6.92 Å². The second kappa shape index (κ2) is 6.62. The van der Waals surface area contributed by atoms with E-state index in [-0.39, 0.29) is 11.1 Å². The number of anilines is 1. The Bertz CT molecular complexity index is 795. The number of carbonyl (C=O) groups is 1. The molecule has 0 unspecified atom stereocenters. The molecule has 1 aliphatic rings. The number of hydrogen-bond donors (Lipinski definition) is 1. The zero-order valence-corrected chi connectivity index (χ0v) is 14.4. The van der Waals surface area contributed by atoms with Crippen molar-refractivity contribution in [1.82, 2.24) is 15.0 Å². The van der Waals surface area contributed by atoms with E-state index in [9.17, 15) is 18.0 Å². The molecule has 1 fully saturated rings. The van der Waals surface area contributed by atoms with E-state index in [4.69, 9.17) is 4.52 Å². The van der Waals surface area contributed by atoms with Crippen LogP contribution in [0.3, 0.4) is 0 Å². The van der Waals surface area contributed by atoms with E-state index in [2.05, 4.69) is 15.5 Å². The lowest BCUT2D eigenvalue weighted by atomic mass is 9.80. The third kappa shape index (κ3) is 3.66. The number of carbonyl (C=O) groups excluding carboxylic acids is 1. The first-order valence-electron chi connectivity index (χ1n) is 8.22. The Morgan fingerprint density at radius 2 is 1.92 bits per heavy atom. The fourth-order valence-electron chi connectivity index (χ4n) is 3.00. The third-order valence-corrected chi connectivity index (χ3v) is 4.70. The van der Waals surface area contributed by atoms with Gasteiger partial charge in [-0.25, -0.2) is 4.79 Å². The zero-order chi connectivity index (χ0) is 18.9. The van der Waals surface area contributed by atoms with Crippen LogP contribution in [0.15, 0.2) is 28.8 Å². The van der Waals surface area contributed by atoms with Gasteiger partial charge in [-0.3, -0.25) is 0 Å². The number of rotatable bonds is 2. The van der Waals surface area contributed by atoms with Crippen LogP contribution in [0.25, 0.3) is 0 Å². The van der Waals surface area contributed by atoms with E-state index >= 15 is 0 Å². The van der Waals surface area contributed by atoms with Gasteiger partial charge in [0.1, 0.15) is 0 Å². The molecule has 1 N–H and O–H groups in total. The van der Waals surface area contributed by atoms with Crippen LogP contribution in [0.4, 0.5) is 23.7 Å². The van der Waals surface area contributed by atoms with Gasteiger partial charge in [0.2, 0.25) is 5.89 Å². The predicted octanol–water partition coefficient (Wildman–Crippen LogP) is 3.98. The number of piperidine rings is 1. The summed E-state index contributed by atoms with van der Waals surface area (Å²) < 4.78 is 44.2. The molecule has 1 aliphatic heterocycles. The topological polar surface area (TPSA) is 71.3 Å². The minimum absolute atomic E-state index is 0.243. The van der Waals surface area contributed by atoms with Gasteiger partial charge in [0.05, 0.1) is 11.3 Å². The Kier molecular flexibility index (Phi) is 4.64. The molecule has 9 heteroatoms. The van der Waals surface area contributed by atoms with E-state index in [0.717, 1.165) is 6.07 Å². The number of halogens is 3. The van der Waals surface area contributed by atoms with Gasteiger partial charge in [0, 0.05) is 25.4 Å². The van der Waals surface area contributed by atoms with Crippen molar-refractivity contribution in [2.24, 2.45) is 0 Å². The molecule has 2 aromatic rings. The first-order chi connectivity index (χ1) is 12.2. The van der Waals surface area contributed by atoms with E-state index in [1.165, 1.54) is 23.1 Å². The summed E-state index contributed by atoms with van der Waals surface area (Å²) in [5.74, 6) is 1.07. The summed E-state index contributed by atoms with van der Waals surface area (Å²) in [7, 11) is 0. The Morgan fingerprint density at radius 1 is 1.27 bits per heavy atom. The second-order valence-electron chi connectivity index (χ2n) is 6.66. The van der Waals surface area contributed by atoms with Gasteiger partial charge in [-0.05, 0) is 25.0 Å². The van der Waals surface area contributed by atoms with Crippen LogP contribution in [0.5, 0.6) is 0 Å². The average molecular weight is 368 g/mol. The maximum atomic E-state index is 13.0. The van der Waals surface area contributed by atoms with Crippen molar-refractivity contribution in [3.8, 4) is 0 Å². The summed E-state index contributed by atoms with van der Waals surface area (Å²) in [4.78, 5) is 18.2. The highest BCUT2D eigenvalue weighted by Gasteiger charge is 2.38. The Morgan fingerprint density at radius 3 is 2.50 bits per heavy atom. The smallest absolute Gasteiger partial charge is 0.340 e. The summed E-state index contributed by atoms with van der Waals surface area (Å²) in [6.45, 7) is 4.49. The van der Waals surface area contributed by atoms with Crippen molar-refractivity contribution in [3.63, 3.8) is 0 Å². The van der Waals surface area contributed by atoms with Gasteiger partial charge in [-0.2, -0.15) is 18.2 Å². The van der Waals surface area contributed by atoms with Crippen LogP contribution >= 0.6 is 0 Å². The van der Waals surface area contributed by atoms with Gasteiger partial charge in [-0.1, -0.05) is 24.2 Å². The van der Waals surface area contributed by atoms with Crippen molar-refractivity contribution in [2.75, 3.05) is 18.4 Å². The van der Waals surface area contributed by atoms with E-state index in [0.29, 0.717) is 37.6 Å². The molecule has 0 atom stereocenters. The van der Waals surface area contributed by atoms with Crippen LogP contribution in [0.2, 0.25) is 0 Å². The molecule has 140 valence electrons. The molecule has 2 amide bonds. The summed E-state index contributed by atoms with van der Waals surface area (Å²) >= 11 is 0. The molecule has 0 spiro atoms. The molecule has 0 bridgehead atoms. The number of nitrogens with zero attached hydrogens (tertiary/aromatic N) is 3. The summed E-state index contributed by atoms with van der Waals surface area (Å²) in [6.07, 6.45) is -3.33. The second-order valence-corrected chi connectivity index (χ2v) is 6.66. The molecule has 2 heterocycles. The number of benzene rings is 1. The minimum Gasteiger partial charge on any atom is -0.340 e. The maximum absolute atomic E-state index is 13.0. The fourth-order valence-corrected chi connectivity index (χ4v) is 3.00. The van der Waals surface area contributed by atoms with Crippen LogP contribution < -0.4 is 5.32 Å². The van der Waals surface area contributed by atoms with Gasteiger partial charge >= 0.3 is 12.2 Å². The molecule has 6 nitrogen and oxygen atoms in total. The van der Waals surface area contributed by atoms with Crippen LogP contribution in [-0.4, -0.2) is 34.2 Å². The number of para-hydroxylation sites is 1. The lowest BCUT2D eigenvalue weighted by Crippen LogP contribution is -2.46. The number of urea groups is 1. The van der Waals surface area contributed by atoms with Crippen molar-refractivity contribution in [1.29, 1.82) is 0 Å². The van der Waals surface area contributed by atoms with Crippen molar-refractivity contribution >= 4 is 11.7 Å².